The van der Waals surface area contributed by atoms with Crippen molar-refractivity contribution in [3.05, 3.63) is 24.2 Å². The van der Waals surface area contributed by atoms with Gasteiger partial charge in [0.2, 0.25) is 0 Å². The third-order valence-electron chi connectivity index (χ3n) is 1.98. The molecule has 12 heavy (non-hydrogen) atoms. The van der Waals surface area contributed by atoms with Crippen LogP contribution in [0, 0.1) is 0 Å². The summed E-state index contributed by atoms with van der Waals surface area (Å²) in [6.07, 6.45) is 2.28. The molecule has 0 radical (unpaired) electrons. The highest BCUT2D eigenvalue weighted by Crippen LogP contribution is 2.22. The molecule has 0 saturated carbocycles. The fraction of sp³-hybridized carbons (Fsp3) is 0.556. The maximum Gasteiger partial charge on any atom is 0.108 e. The molecule has 2 atom stereocenters. The van der Waals surface area contributed by atoms with Gasteiger partial charge in [-0.05, 0) is 25.5 Å². The fourth-order valence-electron chi connectivity index (χ4n) is 1.31. The molecule has 0 saturated heterocycles. The van der Waals surface area contributed by atoms with Crippen LogP contribution in [0.1, 0.15) is 25.0 Å². The van der Waals surface area contributed by atoms with Crippen LogP contribution in [0.2, 0.25) is 0 Å². The van der Waals surface area contributed by atoms with Gasteiger partial charge in [0.25, 0.3) is 0 Å². The summed E-state index contributed by atoms with van der Waals surface area (Å²) in [4.78, 5) is 0. The van der Waals surface area contributed by atoms with Gasteiger partial charge in [-0.2, -0.15) is 0 Å². The van der Waals surface area contributed by atoms with Crippen molar-refractivity contribution >= 4 is 0 Å². The molecule has 0 fully saturated rings. The van der Waals surface area contributed by atoms with E-state index in [1.165, 1.54) is 0 Å². The number of rotatable bonds is 4. The molecule has 1 rings (SSSR count). The molecule has 0 aromatic carbocycles. The van der Waals surface area contributed by atoms with Crippen LogP contribution in [0.5, 0.6) is 0 Å². The number of aliphatic hydroxyl groups is 1. The predicted octanol–water partition coefficient (Wildman–Crippen LogP) is 1.09. The summed E-state index contributed by atoms with van der Waals surface area (Å²) in [6.45, 7) is 2.07. The minimum atomic E-state index is 0.0169. The van der Waals surface area contributed by atoms with Crippen LogP contribution in [-0.2, 0) is 0 Å². The molecule has 1 aromatic rings. The van der Waals surface area contributed by atoms with Crippen molar-refractivity contribution in [1.82, 2.24) is 0 Å². The third kappa shape index (κ3) is 2.09. The van der Waals surface area contributed by atoms with Gasteiger partial charge in [-0.25, -0.2) is 0 Å². The Labute approximate surface area is 72.2 Å². The monoisotopic (exact) mass is 169 g/mol. The second-order valence-corrected chi connectivity index (χ2v) is 2.99. The van der Waals surface area contributed by atoms with Gasteiger partial charge >= 0.3 is 0 Å². The summed E-state index contributed by atoms with van der Waals surface area (Å²) in [5.41, 5.74) is 5.74. The molecule has 1 aromatic heterocycles. The Kier molecular flexibility index (Phi) is 3.31. The Morgan fingerprint density at radius 2 is 2.42 bits per heavy atom. The molecule has 3 N–H and O–H groups in total. The Morgan fingerprint density at radius 3 is 2.83 bits per heavy atom. The molecule has 3 heteroatoms. The van der Waals surface area contributed by atoms with Crippen molar-refractivity contribution < 1.29 is 9.52 Å². The summed E-state index contributed by atoms with van der Waals surface area (Å²) in [5.74, 6) is 0.990. The van der Waals surface area contributed by atoms with Crippen molar-refractivity contribution in [3.63, 3.8) is 0 Å². The van der Waals surface area contributed by atoms with E-state index in [0.717, 1.165) is 5.76 Å². The third-order valence-corrected chi connectivity index (χ3v) is 1.98. The average Bonchev–Trinajstić information content (AvgIpc) is 2.51. The highest BCUT2D eigenvalue weighted by atomic mass is 16.3. The zero-order valence-electron chi connectivity index (χ0n) is 7.23. The van der Waals surface area contributed by atoms with Crippen LogP contribution in [0.15, 0.2) is 22.8 Å². The summed E-state index contributed by atoms with van der Waals surface area (Å²) in [5, 5.41) is 8.79. The van der Waals surface area contributed by atoms with Crippen LogP contribution in [-0.4, -0.2) is 17.8 Å². The lowest BCUT2D eigenvalue weighted by atomic mass is 9.96. The van der Waals surface area contributed by atoms with Crippen LogP contribution in [0.3, 0.4) is 0 Å². The molecule has 0 aliphatic carbocycles. The largest absolute Gasteiger partial charge is 0.469 e. The zero-order chi connectivity index (χ0) is 8.97. The van der Waals surface area contributed by atoms with Crippen molar-refractivity contribution in [2.45, 2.75) is 25.3 Å². The molecule has 3 nitrogen and oxygen atoms in total. The molecule has 0 aliphatic heterocycles. The maximum atomic E-state index is 8.79. The lowest BCUT2D eigenvalue weighted by molar-refractivity contribution is 0.259. The molecule has 0 aliphatic rings. The molecular weight excluding hydrogens is 154 g/mol. The minimum Gasteiger partial charge on any atom is -0.469 e. The van der Waals surface area contributed by atoms with Crippen molar-refractivity contribution in [2.24, 2.45) is 5.73 Å². The smallest absolute Gasteiger partial charge is 0.108 e. The highest BCUT2D eigenvalue weighted by molar-refractivity contribution is 5.07. The first kappa shape index (κ1) is 9.29. The Hall–Kier alpha value is -0.800. The van der Waals surface area contributed by atoms with E-state index in [0.29, 0.717) is 6.42 Å². The van der Waals surface area contributed by atoms with E-state index in [4.69, 9.17) is 15.3 Å². The van der Waals surface area contributed by atoms with E-state index in [1.807, 2.05) is 19.1 Å². The fourth-order valence-corrected chi connectivity index (χ4v) is 1.31. The summed E-state index contributed by atoms with van der Waals surface area (Å²) < 4.78 is 5.22. The van der Waals surface area contributed by atoms with Gasteiger partial charge in [0.05, 0.1) is 6.26 Å². The van der Waals surface area contributed by atoms with E-state index < -0.39 is 0 Å². The van der Waals surface area contributed by atoms with Crippen molar-refractivity contribution in [2.75, 3.05) is 6.61 Å². The maximum absolute atomic E-state index is 8.79. The number of hydrogen-bond acceptors (Lipinski definition) is 3. The molecular formula is C9H15NO2. The normalized spacial score (nSPS) is 15.9. The van der Waals surface area contributed by atoms with Gasteiger partial charge in [0.15, 0.2) is 0 Å². The number of hydrogen-bond donors (Lipinski definition) is 2. The van der Waals surface area contributed by atoms with Gasteiger partial charge in [-0.15, -0.1) is 0 Å². The van der Waals surface area contributed by atoms with Gasteiger partial charge < -0.3 is 15.3 Å². The molecule has 2 unspecified atom stereocenters. The van der Waals surface area contributed by atoms with Gasteiger partial charge in [0.1, 0.15) is 5.76 Å². The lowest BCUT2D eigenvalue weighted by Gasteiger charge is -2.16. The molecule has 0 amide bonds. The van der Waals surface area contributed by atoms with Crippen molar-refractivity contribution in [1.29, 1.82) is 0 Å². The topological polar surface area (TPSA) is 59.4 Å². The first-order valence-electron chi connectivity index (χ1n) is 4.15. The van der Waals surface area contributed by atoms with Crippen LogP contribution < -0.4 is 5.73 Å². The standard InChI is InChI=1S/C9H15NO2/c1-7(10)8(4-5-11)9-3-2-6-12-9/h2-3,6-8,11H,4-5,10H2,1H3. The zero-order valence-corrected chi connectivity index (χ0v) is 7.23. The summed E-state index contributed by atoms with van der Waals surface area (Å²) >= 11 is 0. The van der Waals surface area contributed by atoms with E-state index in [-0.39, 0.29) is 18.6 Å². The Bertz CT molecular complexity index is 206. The first-order valence-corrected chi connectivity index (χ1v) is 4.15. The average molecular weight is 169 g/mol. The second kappa shape index (κ2) is 4.28. The quantitative estimate of drug-likeness (QED) is 0.709. The first-order chi connectivity index (χ1) is 5.75. The number of aliphatic hydroxyl groups excluding tert-OH is 1. The Balaban J connectivity index is 2.66. The predicted molar refractivity (Wildman–Crippen MR) is 46.8 cm³/mol. The SMILES string of the molecule is CC(N)C(CCO)c1ccco1. The second-order valence-electron chi connectivity index (χ2n) is 2.99. The van der Waals surface area contributed by atoms with E-state index in [2.05, 4.69) is 0 Å². The van der Waals surface area contributed by atoms with Gasteiger partial charge in [0, 0.05) is 18.6 Å². The molecule has 68 valence electrons. The minimum absolute atomic E-state index is 0.0169. The van der Waals surface area contributed by atoms with E-state index in [1.54, 1.807) is 6.26 Å². The van der Waals surface area contributed by atoms with Crippen LogP contribution in [0.25, 0.3) is 0 Å². The molecule has 0 bridgehead atoms. The van der Waals surface area contributed by atoms with Crippen LogP contribution >= 0.6 is 0 Å². The number of furan rings is 1. The van der Waals surface area contributed by atoms with Gasteiger partial charge in [-0.3, -0.25) is 0 Å². The van der Waals surface area contributed by atoms with Crippen molar-refractivity contribution in [3.8, 4) is 0 Å². The summed E-state index contributed by atoms with van der Waals surface area (Å²) in [6, 6.07) is 3.74. The lowest BCUT2D eigenvalue weighted by Crippen LogP contribution is -2.25. The van der Waals surface area contributed by atoms with E-state index in [9.17, 15) is 0 Å². The van der Waals surface area contributed by atoms with Crippen LogP contribution in [0.4, 0.5) is 0 Å². The number of nitrogens with two attached hydrogens (primary N) is 1. The Morgan fingerprint density at radius 1 is 1.67 bits per heavy atom. The van der Waals surface area contributed by atoms with E-state index >= 15 is 0 Å². The highest BCUT2D eigenvalue weighted by Gasteiger charge is 2.17. The summed E-state index contributed by atoms with van der Waals surface area (Å²) in [7, 11) is 0. The molecule has 0 spiro atoms. The molecule has 1 heterocycles. The van der Waals surface area contributed by atoms with Gasteiger partial charge in [-0.1, -0.05) is 0 Å².